The largest absolute Gasteiger partial charge is 0.462 e. The molecule has 0 heterocycles. The molecule has 0 spiro atoms. The second kappa shape index (κ2) is 57.2. The van der Waals surface area contributed by atoms with E-state index in [-0.39, 0.29) is 25.2 Å². The van der Waals surface area contributed by atoms with Gasteiger partial charge in [-0.15, -0.1) is 0 Å². The lowest BCUT2D eigenvalue weighted by molar-refractivity contribution is -0.163. The number of carbonyl (C=O) groups is 2. The van der Waals surface area contributed by atoms with Crippen molar-refractivity contribution in [1.82, 2.24) is 0 Å². The molecule has 0 N–H and O–H groups in total. The molecule has 0 aromatic heterocycles. The van der Waals surface area contributed by atoms with Gasteiger partial charge in [0.15, 0.2) is 6.10 Å². The first-order chi connectivity index (χ1) is 32.6. The number of esters is 2. The van der Waals surface area contributed by atoms with Gasteiger partial charge in [0.05, 0.1) is 6.61 Å². The Bertz CT molecular complexity index is 1090. The Morgan fingerprint density at radius 1 is 0.348 bits per heavy atom. The van der Waals surface area contributed by atoms with Crippen molar-refractivity contribution in [3.63, 3.8) is 0 Å². The summed E-state index contributed by atoms with van der Waals surface area (Å²) in [5.74, 6) is -0.411. The molecule has 0 bridgehead atoms. The third-order valence-corrected chi connectivity index (χ3v) is 12.8. The summed E-state index contributed by atoms with van der Waals surface area (Å²) in [4.78, 5) is 25.5. The van der Waals surface area contributed by atoms with Crippen LogP contribution in [0, 0.1) is 0 Å². The molecule has 0 radical (unpaired) electrons. The van der Waals surface area contributed by atoms with E-state index in [1.807, 2.05) is 0 Å². The molecule has 0 aliphatic heterocycles. The Balaban J connectivity index is 4.24. The van der Waals surface area contributed by atoms with Crippen LogP contribution in [-0.2, 0) is 23.8 Å². The SMILES string of the molecule is CC/C=C\C/C=C\C/C=C\CCCCCCCC(=O)OCC(COCCCCCCCCCCCCCCCCCCCCCC)OC(=O)CCCCCCC/C=C\CCCCCCCC. The van der Waals surface area contributed by atoms with Crippen molar-refractivity contribution < 1.29 is 23.8 Å². The number of ether oxygens (including phenoxy) is 3. The second-order valence-corrected chi connectivity index (χ2v) is 19.5. The molecule has 66 heavy (non-hydrogen) atoms. The van der Waals surface area contributed by atoms with Crippen LogP contribution >= 0.6 is 0 Å². The van der Waals surface area contributed by atoms with Gasteiger partial charge >= 0.3 is 11.9 Å². The zero-order valence-electron chi connectivity index (χ0n) is 44.5. The molecule has 1 unspecified atom stereocenters. The molecule has 0 aliphatic carbocycles. The molecule has 5 nitrogen and oxygen atoms in total. The van der Waals surface area contributed by atoms with Crippen molar-refractivity contribution in [2.75, 3.05) is 19.8 Å². The molecule has 0 rings (SSSR count). The van der Waals surface area contributed by atoms with Crippen molar-refractivity contribution in [3.05, 3.63) is 48.6 Å². The summed E-state index contributed by atoms with van der Waals surface area (Å²) < 4.78 is 17.5. The highest BCUT2D eigenvalue weighted by Gasteiger charge is 2.17. The summed E-state index contributed by atoms with van der Waals surface area (Å²) in [7, 11) is 0. The molecule has 5 heteroatoms. The predicted octanol–water partition coefficient (Wildman–Crippen LogP) is 19.9. The highest BCUT2D eigenvalue weighted by molar-refractivity contribution is 5.70. The van der Waals surface area contributed by atoms with Gasteiger partial charge in [0.25, 0.3) is 0 Å². The number of hydrogen-bond donors (Lipinski definition) is 0. The summed E-state index contributed by atoms with van der Waals surface area (Å²) >= 11 is 0. The van der Waals surface area contributed by atoms with Crippen molar-refractivity contribution in [2.24, 2.45) is 0 Å². The number of hydrogen-bond acceptors (Lipinski definition) is 5. The van der Waals surface area contributed by atoms with E-state index in [1.54, 1.807) is 0 Å². The molecule has 0 saturated heterocycles. The fourth-order valence-electron chi connectivity index (χ4n) is 8.52. The lowest BCUT2D eigenvalue weighted by atomic mass is 10.0. The van der Waals surface area contributed by atoms with Crippen molar-refractivity contribution in [2.45, 2.75) is 309 Å². The first kappa shape index (κ1) is 63.9. The summed E-state index contributed by atoms with van der Waals surface area (Å²) in [6, 6.07) is 0. The first-order valence-corrected chi connectivity index (χ1v) is 29.2. The van der Waals surface area contributed by atoms with E-state index in [0.29, 0.717) is 19.4 Å². The Morgan fingerprint density at radius 2 is 0.682 bits per heavy atom. The summed E-state index contributed by atoms with van der Waals surface area (Å²) in [6.45, 7) is 7.74. The van der Waals surface area contributed by atoms with Gasteiger partial charge in [-0.3, -0.25) is 9.59 Å². The number of rotatable bonds is 54. The molecule has 0 aromatic carbocycles. The van der Waals surface area contributed by atoms with Crippen molar-refractivity contribution in [3.8, 4) is 0 Å². The van der Waals surface area contributed by atoms with Gasteiger partial charge in [0.1, 0.15) is 6.61 Å². The van der Waals surface area contributed by atoms with E-state index < -0.39 is 6.10 Å². The molecule has 386 valence electrons. The van der Waals surface area contributed by atoms with Crippen LogP contribution in [0.2, 0.25) is 0 Å². The Kier molecular flexibility index (Phi) is 55.3. The average Bonchev–Trinajstić information content (AvgIpc) is 3.32. The highest BCUT2D eigenvalue weighted by atomic mass is 16.6. The second-order valence-electron chi connectivity index (χ2n) is 19.5. The fraction of sp³-hybridized carbons (Fsp3) is 0.836. The number of unbranched alkanes of at least 4 members (excludes halogenated alkanes) is 35. The Labute approximate surface area is 412 Å². The van der Waals surface area contributed by atoms with Gasteiger partial charge in [-0.2, -0.15) is 0 Å². The smallest absolute Gasteiger partial charge is 0.306 e. The van der Waals surface area contributed by atoms with Gasteiger partial charge in [0.2, 0.25) is 0 Å². The molecular weight excluding hydrogens is 813 g/mol. The van der Waals surface area contributed by atoms with Crippen LogP contribution in [0.1, 0.15) is 303 Å². The molecule has 0 fully saturated rings. The minimum absolute atomic E-state index is 0.0766. The van der Waals surface area contributed by atoms with Crippen LogP contribution in [0.25, 0.3) is 0 Å². The van der Waals surface area contributed by atoms with Gasteiger partial charge in [0, 0.05) is 19.4 Å². The average molecular weight is 926 g/mol. The quantitative estimate of drug-likeness (QED) is 0.0345. The van der Waals surface area contributed by atoms with Crippen molar-refractivity contribution in [1.29, 1.82) is 0 Å². The maximum absolute atomic E-state index is 12.8. The topological polar surface area (TPSA) is 61.8 Å². The van der Waals surface area contributed by atoms with E-state index in [4.69, 9.17) is 14.2 Å². The zero-order valence-corrected chi connectivity index (χ0v) is 44.5. The van der Waals surface area contributed by atoms with E-state index in [2.05, 4.69) is 69.4 Å². The minimum Gasteiger partial charge on any atom is -0.462 e. The van der Waals surface area contributed by atoms with Crippen LogP contribution in [0.5, 0.6) is 0 Å². The maximum Gasteiger partial charge on any atom is 0.306 e. The van der Waals surface area contributed by atoms with Gasteiger partial charge in [-0.05, 0) is 77.0 Å². The molecule has 0 amide bonds. The molecule has 0 aromatic rings. The zero-order chi connectivity index (χ0) is 47.7. The highest BCUT2D eigenvalue weighted by Crippen LogP contribution is 2.16. The molecule has 1 atom stereocenters. The molecular formula is C61H112O5. The van der Waals surface area contributed by atoms with Crippen LogP contribution in [0.4, 0.5) is 0 Å². The minimum atomic E-state index is -0.545. The monoisotopic (exact) mass is 925 g/mol. The van der Waals surface area contributed by atoms with Crippen LogP contribution in [0.3, 0.4) is 0 Å². The molecule has 0 aliphatic rings. The van der Waals surface area contributed by atoms with Crippen LogP contribution < -0.4 is 0 Å². The summed E-state index contributed by atoms with van der Waals surface area (Å²) in [6.07, 6.45) is 71.4. The standard InChI is InChI=1S/C61H112O5/c1-4-7-10-13-16-19-22-25-28-29-30-31-32-35-38-41-44-47-50-53-56-64-57-59(66-61(63)55-52-49-46-43-40-37-34-27-24-21-18-15-12-9-6-3)58-65-60(62)54-51-48-45-42-39-36-33-26-23-20-17-14-11-8-5-2/h8,11,17,20,26-27,33-34,59H,4-7,9-10,12-16,18-19,21-25,28-32,35-58H2,1-3H3/b11-8-,20-17-,33-26-,34-27-. The third kappa shape index (κ3) is 54.5. The number of allylic oxidation sites excluding steroid dienone is 8. The van der Waals surface area contributed by atoms with E-state index in [9.17, 15) is 9.59 Å². The first-order valence-electron chi connectivity index (χ1n) is 29.2. The third-order valence-electron chi connectivity index (χ3n) is 12.8. The molecule has 0 saturated carbocycles. The van der Waals surface area contributed by atoms with E-state index in [1.165, 1.54) is 193 Å². The summed E-state index contributed by atoms with van der Waals surface area (Å²) in [5.41, 5.74) is 0. The van der Waals surface area contributed by atoms with Gasteiger partial charge in [-0.1, -0.05) is 262 Å². The van der Waals surface area contributed by atoms with Crippen LogP contribution in [-0.4, -0.2) is 37.9 Å². The van der Waals surface area contributed by atoms with Crippen molar-refractivity contribution >= 4 is 11.9 Å². The van der Waals surface area contributed by atoms with Gasteiger partial charge < -0.3 is 14.2 Å². The Morgan fingerprint density at radius 3 is 1.11 bits per heavy atom. The lowest BCUT2D eigenvalue weighted by Gasteiger charge is -2.18. The fourth-order valence-corrected chi connectivity index (χ4v) is 8.52. The predicted molar refractivity (Wildman–Crippen MR) is 288 cm³/mol. The lowest BCUT2D eigenvalue weighted by Crippen LogP contribution is -2.30. The Hall–Kier alpha value is -2.14. The van der Waals surface area contributed by atoms with Gasteiger partial charge in [-0.25, -0.2) is 0 Å². The normalized spacial score (nSPS) is 12.5. The number of carbonyl (C=O) groups excluding carboxylic acids is 2. The maximum atomic E-state index is 12.8. The van der Waals surface area contributed by atoms with E-state index >= 15 is 0 Å². The van der Waals surface area contributed by atoms with Crippen LogP contribution in [0.15, 0.2) is 48.6 Å². The summed E-state index contributed by atoms with van der Waals surface area (Å²) in [5, 5.41) is 0. The van der Waals surface area contributed by atoms with E-state index in [0.717, 1.165) is 77.0 Å².